The highest BCUT2D eigenvalue weighted by Gasteiger charge is 2.47. The number of carbonyl (C=O) groups excluding carboxylic acids is 2. The summed E-state index contributed by atoms with van der Waals surface area (Å²) < 4.78 is 10.3. The number of amides is 2. The van der Waals surface area contributed by atoms with Gasteiger partial charge in [0.15, 0.2) is 5.82 Å². The summed E-state index contributed by atoms with van der Waals surface area (Å²) in [6.45, 7) is 1.58. The van der Waals surface area contributed by atoms with E-state index in [-0.39, 0.29) is 23.9 Å². The average molecular weight is 616 g/mol. The molecule has 9 rings (SSSR count). The van der Waals surface area contributed by atoms with Crippen LogP contribution in [0.2, 0.25) is 0 Å². The van der Waals surface area contributed by atoms with Crippen LogP contribution < -0.4 is 15.8 Å². The number of hydrogen-bond donors (Lipinski definition) is 2. The molecule has 2 aliphatic heterocycles. The Balaban J connectivity index is 1.15. The fourth-order valence-corrected chi connectivity index (χ4v) is 8.14. The van der Waals surface area contributed by atoms with E-state index in [0.717, 1.165) is 82.0 Å². The van der Waals surface area contributed by atoms with Crippen LogP contribution in [-0.4, -0.2) is 61.6 Å². The number of aromatic nitrogens is 4. The van der Waals surface area contributed by atoms with Crippen LogP contribution in [-0.2, 0) is 24.8 Å². The van der Waals surface area contributed by atoms with E-state index in [0.29, 0.717) is 36.0 Å². The van der Waals surface area contributed by atoms with Gasteiger partial charge in [-0.1, -0.05) is 12.1 Å². The summed E-state index contributed by atoms with van der Waals surface area (Å²) in [5.41, 5.74) is 14.5. The third-order valence-electron chi connectivity index (χ3n) is 10.8. The van der Waals surface area contributed by atoms with Crippen molar-refractivity contribution in [2.45, 2.75) is 57.2 Å². The Hall–Kier alpha value is -4.70. The first-order chi connectivity index (χ1) is 22.4. The molecular formula is C36H37N7O3. The lowest BCUT2D eigenvalue weighted by atomic mass is 9.95. The minimum Gasteiger partial charge on any atom is -0.494 e. The molecule has 3 N–H and O–H groups in total. The van der Waals surface area contributed by atoms with Crippen molar-refractivity contribution in [3.63, 3.8) is 0 Å². The van der Waals surface area contributed by atoms with Crippen molar-refractivity contribution in [1.82, 2.24) is 24.0 Å². The van der Waals surface area contributed by atoms with E-state index in [9.17, 15) is 9.59 Å². The average Bonchev–Trinajstić information content (AvgIpc) is 3.47. The van der Waals surface area contributed by atoms with Gasteiger partial charge in [-0.05, 0) is 85.9 Å². The van der Waals surface area contributed by atoms with Crippen LogP contribution in [0, 0.1) is 11.8 Å². The minimum atomic E-state index is -0.00250. The van der Waals surface area contributed by atoms with Gasteiger partial charge in [0.1, 0.15) is 16.9 Å². The molecule has 2 amide bonds. The lowest BCUT2D eigenvalue weighted by molar-refractivity contribution is -0.116. The third kappa shape index (κ3) is 4.19. The van der Waals surface area contributed by atoms with E-state index in [1.165, 1.54) is 12.8 Å². The highest BCUT2D eigenvalue weighted by Crippen LogP contribution is 2.41. The van der Waals surface area contributed by atoms with Crippen molar-refractivity contribution in [2.75, 3.05) is 19.0 Å². The van der Waals surface area contributed by atoms with Gasteiger partial charge in [0.2, 0.25) is 5.91 Å². The predicted octanol–water partition coefficient (Wildman–Crippen LogP) is 5.12. The molecule has 2 aliphatic carbocycles. The lowest BCUT2D eigenvalue weighted by Crippen LogP contribution is -2.41. The summed E-state index contributed by atoms with van der Waals surface area (Å²) in [4.78, 5) is 38.2. The van der Waals surface area contributed by atoms with E-state index in [4.69, 9.17) is 20.4 Å². The number of anilines is 1. The number of likely N-dealkylation sites (tertiary alicyclic amines) is 1. The number of carbonyl (C=O) groups is 2. The Morgan fingerprint density at radius 3 is 2.70 bits per heavy atom. The maximum atomic E-state index is 13.8. The highest BCUT2D eigenvalue weighted by molar-refractivity contribution is 6.01. The first kappa shape index (κ1) is 27.6. The molecule has 2 saturated carbocycles. The van der Waals surface area contributed by atoms with Crippen molar-refractivity contribution < 1.29 is 14.3 Å². The maximum absolute atomic E-state index is 13.8. The zero-order valence-electron chi connectivity index (χ0n) is 26.1. The molecule has 3 atom stereocenters. The number of fused-ring (bicyclic) bond motifs is 5. The molecule has 3 fully saturated rings. The largest absolute Gasteiger partial charge is 0.494 e. The lowest BCUT2D eigenvalue weighted by Gasteiger charge is -2.27. The first-order valence-electron chi connectivity index (χ1n) is 16.4. The number of nitrogens with zero attached hydrogens (tertiary/aromatic N) is 5. The van der Waals surface area contributed by atoms with E-state index in [1.807, 2.05) is 36.2 Å². The number of pyridine rings is 1. The van der Waals surface area contributed by atoms with Gasteiger partial charge in [0.25, 0.3) is 5.91 Å². The molecule has 0 spiro atoms. The van der Waals surface area contributed by atoms with Crippen molar-refractivity contribution in [2.24, 2.45) is 24.6 Å². The Bertz CT molecular complexity index is 2090. The number of ether oxygens (including phenoxy) is 1. The van der Waals surface area contributed by atoms with Gasteiger partial charge in [-0.3, -0.25) is 9.59 Å². The molecule has 10 heteroatoms. The van der Waals surface area contributed by atoms with E-state index in [1.54, 1.807) is 7.11 Å². The second-order valence-corrected chi connectivity index (χ2v) is 13.6. The van der Waals surface area contributed by atoms with E-state index < -0.39 is 0 Å². The Morgan fingerprint density at radius 1 is 1.07 bits per heavy atom. The Kier molecular flexibility index (Phi) is 6.09. The van der Waals surface area contributed by atoms with Crippen molar-refractivity contribution >= 4 is 39.6 Å². The van der Waals surface area contributed by atoms with Crippen LogP contribution in [0.25, 0.3) is 44.8 Å². The smallest absolute Gasteiger partial charge is 0.254 e. The number of imidazole rings is 1. The summed E-state index contributed by atoms with van der Waals surface area (Å²) in [6, 6.07) is 16.4. The summed E-state index contributed by atoms with van der Waals surface area (Å²) >= 11 is 0. The van der Waals surface area contributed by atoms with Crippen LogP contribution >= 0.6 is 0 Å². The molecule has 4 aliphatic rings. The van der Waals surface area contributed by atoms with Crippen LogP contribution in [0.5, 0.6) is 5.75 Å². The number of hydrogen-bond acceptors (Lipinski definition) is 6. The normalized spacial score (nSPS) is 22.1. The minimum absolute atomic E-state index is 0.00250. The molecular weight excluding hydrogens is 578 g/mol. The van der Waals surface area contributed by atoms with Gasteiger partial charge < -0.3 is 29.8 Å². The topological polar surface area (TPSA) is 120 Å². The number of piperidine rings is 1. The molecule has 5 aromatic rings. The monoisotopic (exact) mass is 615 g/mol. The standard InChI is InChI=1S/C36H37N7O3/c1-41-33-27(14-22(16-30(33)46-2)36(45)43-18-21-9-12-28(43)32(21)37)40-35(41)29-15-20-8-11-26(39-34(20)42(29)17-19-6-7-19)23-4-3-5-25-24(23)10-13-31(44)38-25/h3-5,8,11,14-16,19,21,28,32H,6-7,9-10,12-13,17-18,37H2,1-2H3,(H,38,44)/t21?,28?,32-/m1/s1. The molecule has 2 aromatic carbocycles. The number of nitrogens with two attached hydrogens (primary N) is 1. The van der Waals surface area contributed by atoms with Gasteiger partial charge in [-0.2, -0.15) is 0 Å². The maximum Gasteiger partial charge on any atom is 0.254 e. The van der Waals surface area contributed by atoms with Crippen LogP contribution in [0.3, 0.4) is 0 Å². The zero-order valence-corrected chi connectivity index (χ0v) is 26.1. The molecule has 1 saturated heterocycles. The molecule has 234 valence electrons. The Morgan fingerprint density at radius 2 is 1.93 bits per heavy atom. The van der Waals surface area contributed by atoms with Gasteiger partial charge in [0, 0.05) is 60.8 Å². The van der Waals surface area contributed by atoms with E-state index in [2.05, 4.69) is 38.7 Å². The third-order valence-corrected chi connectivity index (χ3v) is 10.8. The number of aryl methyl sites for hydroxylation is 1. The van der Waals surface area contributed by atoms with Crippen molar-refractivity contribution in [3.8, 4) is 28.5 Å². The van der Waals surface area contributed by atoms with Gasteiger partial charge >= 0.3 is 0 Å². The number of methoxy groups -OCH3 is 1. The SMILES string of the molecule is COc1cc(C(=O)N2CC3CCC2[C@@H]3N)cc2nc(-c3cc4ccc(-c5cccc6c5CCC(=O)N6)nc4n3CC3CC3)n(C)c12. The van der Waals surface area contributed by atoms with Crippen molar-refractivity contribution in [1.29, 1.82) is 0 Å². The summed E-state index contributed by atoms with van der Waals surface area (Å²) in [7, 11) is 3.66. The molecule has 46 heavy (non-hydrogen) atoms. The molecule has 5 heterocycles. The summed E-state index contributed by atoms with van der Waals surface area (Å²) in [6.07, 6.45) is 5.64. The molecule has 0 radical (unpaired) electrons. The Labute approximate surface area is 266 Å². The summed E-state index contributed by atoms with van der Waals surface area (Å²) in [5.74, 6) is 2.48. The van der Waals surface area contributed by atoms with Gasteiger partial charge in [0.05, 0.1) is 24.0 Å². The van der Waals surface area contributed by atoms with Crippen LogP contribution in [0.4, 0.5) is 5.69 Å². The van der Waals surface area contributed by atoms with Crippen molar-refractivity contribution in [3.05, 3.63) is 59.7 Å². The van der Waals surface area contributed by atoms with Crippen LogP contribution in [0.1, 0.15) is 48.0 Å². The first-order valence-corrected chi connectivity index (χ1v) is 16.4. The molecule has 3 aromatic heterocycles. The predicted molar refractivity (Wildman–Crippen MR) is 177 cm³/mol. The second kappa shape index (κ2) is 10.2. The van der Waals surface area contributed by atoms with Gasteiger partial charge in [-0.15, -0.1) is 0 Å². The highest BCUT2D eigenvalue weighted by atomic mass is 16.5. The quantitative estimate of drug-likeness (QED) is 0.274. The number of benzene rings is 2. The number of nitrogens with one attached hydrogen (secondary N) is 1. The summed E-state index contributed by atoms with van der Waals surface area (Å²) in [5, 5.41) is 4.07. The van der Waals surface area contributed by atoms with Gasteiger partial charge in [-0.25, -0.2) is 9.97 Å². The molecule has 2 unspecified atom stereocenters. The zero-order chi connectivity index (χ0) is 31.3. The molecule has 2 bridgehead atoms. The van der Waals surface area contributed by atoms with E-state index >= 15 is 0 Å². The second-order valence-electron chi connectivity index (χ2n) is 13.6. The number of rotatable bonds is 6. The fourth-order valence-electron chi connectivity index (χ4n) is 8.14. The van der Waals surface area contributed by atoms with Crippen LogP contribution in [0.15, 0.2) is 48.5 Å². The molecule has 10 nitrogen and oxygen atoms in total. The fraction of sp³-hybridized carbons (Fsp3) is 0.389.